The number of H-pyrrole nitrogens is 1. The molecule has 2 aromatic rings. The fourth-order valence-electron chi connectivity index (χ4n) is 3.68. The number of nitrogens with one attached hydrogen (secondary N) is 1. The first-order valence-corrected chi connectivity index (χ1v) is 9.44. The van der Waals surface area contributed by atoms with Crippen LogP contribution in [0.4, 0.5) is 0 Å². The second-order valence-corrected chi connectivity index (χ2v) is 6.99. The molecule has 4 nitrogen and oxygen atoms in total. The van der Waals surface area contributed by atoms with E-state index in [1.807, 2.05) is 31.2 Å². The Morgan fingerprint density at radius 2 is 1.92 bits per heavy atom. The van der Waals surface area contributed by atoms with E-state index in [0.717, 1.165) is 60.7 Å². The van der Waals surface area contributed by atoms with E-state index < -0.39 is 0 Å². The summed E-state index contributed by atoms with van der Waals surface area (Å²) in [6.45, 7) is 4.89. The third kappa shape index (κ3) is 4.01. The van der Waals surface area contributed by atoms with Crippen LogP contribution in [-0.2, 0) is 11.2 Å². The average molecular weight is 341 g/mol. The maximum atomic E-state index is 12.9. The molecule has 0 unspecified atom stereocenters. The number of aryl methyl sites for hydroxylation is 1. The standard InChI is InChI=1S/C21H27NO3/c1-3-11-25-18-8-5-15(6-9-18)20(23)16-7-10-19-17(13-16)12-14(4-2)21(24)22-19/h7,10,12-13,15,18H,3-6,8-9,11H2,1-2H3,(H,22,24). The molecule has 1 N–H and O–H groups in total. The summed E-state index contributed by atoms with van der Waals surface area (Å²) in [5.41, 5.74) is 2.25. The van der Waals surface area contributed by atoms with Crippen LogP contribution in [0.5, 0.6) is 0 Å². The molecule has 1 heterocycles. The number of carbonyl (C=O) groups excluding carboxylic acids is 1. The first-order chi connectivity index (χ1) is 12.1. The van der Waals surface area contributed by atoms with Crippen molar-refractivity contribution in [2.45, 2.75) is 58.5 Å². The van der Waals surface area contributed by atoms with Crippen LogP contribution in [0.25, 0.3) is 10.9 Å². The van der Waals surface area contributed by atoms with Gasteiger partial charge in [-0.3, -0.25) is 9.59 Å². The zero-order chi connectivity index (χ0) is 17.8. The van der Waals surface area contributed by atoms with Gasteiger partial charge in [-0.1, -0.05) is 13.8 Å². The number of rotatable bonds is 6. The molecule has 1 saturated carbocycles. The lowest BCUT2D eigenvalue weighted by atomic mass is 9.82. The number of benzene rings is 1. The second kappa shape index (κ2) is 7.96. The summed E-state index contributed by atoms with van der Waals surface area (Å²) in [5, 5.41) is 0.933. The van der Waals surface area contributed by atoms with Crippen LogP contribution >= 0.6 is 0 Å². The molecule has 1 aromatic carbocycles. The van der Waals surface area contributed by atoms with Crippen molar-refractivity contribution in [2.24, 2.45) is 5.92 Å². The lowest BCUT2D eigenvalue weighted by molar-refractivity contribution is 0.0190. The van der Waals surface area contributed by atoms with Gasteiger partial charge in [0, 0.05) is 29.2 Å². The molecule has 0 aliphatic heterocycles. The summed E-state index contributed by atoms with van der Waals surface area (Å²) in [7, 11) is 0. The van der Waals surface area contributed by atoms with Crippen LogP contribution in [0.15, 0.2) is 29.1 Å². The summed E-state index contributed by atoms with van der Waals surface area (Å²) in [6, 6.07) is 7.51. The molecule has 0 bridgehead atoms. The van der Waals surface area contributed by atoms with E-state index in [2.05, 4.69) is 11.9 Å². The molecule has 4 heteroatoms. The number of ketones is 1. The molecule has 1 aliphatic carbocycles. The SMILES string of the molecule is CCCOC1CCC(C(=O)c2ccc3[nH]c(=O)c(CC)cc3c2)CC1. The van der Waals surface area contributed by atoms with Gasteiger partial charge in [-0.25, -0.2) is 0 Å². The third-order valence-electron chi connectivity index (χ3n) is 5.19. The molecule has 0 amide bonds. The molecule has 0 saturated heterocycles. The summed E-state index contributed by atoms with van der Waals surface area (Å²) in [5.74, 6) is 0.312. The number of carbonyl (C=O) groups is 1. The Labute approximate surface area is 148 Å². The van der Waals surface area contributed by atoms with Crippen molar-refractivity contribution in [1.29, 1.82) is 0 Å². The fraction of sp³-hybridized carbons (Fsp3) is 0.524. The zero-order valence-corrected chi connectivity index (χ0v) is 15.1. The molecule has 1 aromatic heterocycles. The van der Waals surface area contributed by atoms with Gasteiger partial charge < -0.3 is 9.72 Å². The minimum absolute atomic E-state index is 0.0421. The minimum atomic E-state index is -0.0421. The first-order valence-electron chi connectivity index (χ1n) is 9.44. The van der Waals surface area contributed by atoms with Crippen LogP contribution in [-0.4, -0.2) is 23.5 Å². The molecule has 0 spiro atoms. The summed E-state index contributed by atoms with van der Waals surface area (Å²) in [6.07, 6.45) is 5.78. The Kier molecular flexibility index (Phi) is 5.69. The number of hydrogen-bond donors (Lipinski definition) is 1. The van der Waals surface area contributed by atoms with Crippen molar-refractivity contribution in [2.75, 3.05) is 6.61 Å². The van der Waals surface area contributed by atoms with Crippen molar-refractivity contribution in [3.63, 3.8) is 0 Å². The van der Waals surface area contributed by atoms with E-state index in [9.17, 15) is 9.59 Å². The number of pyridine rings is 1. The van der Waals surface area contributed by atoms with E-state index in [1.165, 1.54) is 0 Å². The summed E-state index contributed by atoms with van der Waals surface area (Å²) in [4.78, 5) is 27.7. The molecule has 1 fully saturated rings. The van der Waals surface area contributed by atoms with Crippen LogP contribution in [0.2, 0.25) is 0 Å². The van der Waals surface area contributed by atoms with Crippen LogP contribution < -0.4 is 5.56 Å². The highest BCUT2D eigenvalue weighted by Crippen LogP contribution is 2.29. The number of ether oxygens (including phenoxy) is 1. The normalized spacial score (nSPS) is 20.7. The molecule has 3 rings (SSSR count). The molecular weight excluding hydrogens is 314 g/mol. The number of aromatic amines is 1. The maximum absolute atomic E-state index is 12.9. The largest absolute Gasteiger partial charge is 0.378 e. The maximum Gasteiger partial charge on any atom is 0.251 e. The highest BCUT2D eigenvalue weighted by molar-refractivity contribution is 6.00. The van der Waals surface area contributed by atoms with Crippen molar-refractivity contribution < 1.29 is 9.53 Å². The van der Waals surface area contributed by atoms with Gasteiger partial charge in [0.1, 0.15) is 0 Å². The van der Waals surface area contributed by atoms with Crippen molar-refractivity contribution in [3.8, 4) is 0 Å². The Bertz CT molecular complexity index is 800. The number of Topliss-reactive ketones (excluding diaryl/α,β-unsaturated/α-hetero) is 1. The van der Waals surface area contributed by atoms with Gasteiger partial charge >= 0.3 is 0 Å². The summed E-state index contributed by atoms with van der Waals surface area (Å²) < 4.78 is 5.82. The highest BCUT2D eigenvalue weighted by atomic mass is 16.5. The van der Waals surface area contributed by atoms with Crippen molar-refractivity contribution >= 4 is 16.7 Å². The van der Waals surface area contributed by atoms with Gasteiger partial charge in [-0.2, -0.15) is 0 Å². The summed E-state index contributed by atoms with van der Waals surface area (Å²) >= 11 is 0. The molecule has 134 valence electrons. The Balaban J connectivity index is 1.74. The number of aromatic nitrogens is 1. The quantitative estimate of drug-likeness (QED) is 0.799. The minimum Gasteiger partial charge on any atom is -0.378 e. The molecular formula is C21H27NO3. The number of fused-ring (bicyclic) bond motifs is 1. The lowest BCUT2D eigenvalue weighted by Crippen LogP contribution is -2.26. The van der Waals surface area contributed by atoms with Gasteiger partial charge in [0.2, 0.25) is 0 Å². The van der Waals surface area contributed by atoms with Gasteiger partial charge in [0.05, 0.1) is 6.10 Å². The third-order valence-corrected chi connectivity index (χ3v) is 5.19. The Morgan fingerprint density at radius 1 is 1.16 bits per heavy atom. The van der Waals surface area contributed by atoms with Gasteiger partial charge in [-0.15, -0.1) is 0 Å². The van der Waals surface area contributed by atoms with E-state index in [4.69, 9.17) is 4.74 Å². The number of hydrogen-bond acceptors (Lipinski definition) is 3. The van der Waals surface area contributed by atoms with E-state index in [-0.39, 0.29) is 17.3 Å². The predicted molar refractivity (Wildman–Crippen MR) is 100 cm³/mol. The van der Waals surface area contributed by atoms with Crippen molar-refractivity contribution in [3.05, 3.63) is 45.7 Å². The molecule has 0 radical (unpaired) electrons. The molecule has 25 heavy (non-hydrogen) atoms. The van der Waals surface area contributed by atoms with Crippen LogP contribution in [0, 0.1) is 5.92 Å². The van der Waals surface area contributed by atoms with Crippen LogP contribution in [0.1, 0.15) is 61.9 Å². The zero-order valence-electron chi connectivity index (χ0n) is 15.1. The first kappa shape index (κ1) is 17.9. The Morgan fingerprint density at radius 3 is 2.60 bits per heavy atom. The predicted octanol–water partition coefficient (Wildman–Crippen LogP) is 4.26. The lowest BCUT2D eigenvalue weighted by Gasteiger charge is -2.27. The molecule has 1 aliphatic rings. The highest BCUT2D eigenvalue weighted by Gasteiger charge is 2.27. The van der Waals surface area contributed by atoms with Gasteiger partial charge in [0.25, 0.3) is 5.56 Å². The smallest absolute Gasteiger partial charge is 0.251 e. The Hall–Kier alpha value is -1.94. The topological polar surface area (TPSA) is 59.2 Å². The second-order valence-electron chi connectivity index (χ2n) is 6.99. The molecule has 0 atom stereocenters. The van der Waals surface area contributed by atoms with Gasteiger partial charge in [-0.05, 0) is 68.2 Å². The van der Waals surface area contributed by atoms with Crippen LogP contribution in [0.3, 0.4) is 0 Å². The van der Waals surface area contributed by atoms with E-state index >= 15 is 0 Å². The monoisotopic (exact) mass is 341 g/mol. The van der Waals surface area contributed by atoms with E-state index in [1.54, 1.807) is 0 Å². The van der Waals surface area contributed by atoms with Crippen molar-refractivity contribution in [1.82, 2.24) is 4.98 Å². The van der Waals surface area contributed by atoms with E-state index in [0.29, 0.717) is 12.5 Å². The fourth-order valence-corrected chi connectivity index (χ4v) is 3.68. The average Bonchev–Trinajstić information content (AvgIpc) is 2.65. The van der Waals surface area contributed by atoms with Gasteiger partial charge in [0.15, 0.2) is 5.78 Å².